The van der Waals surface area contributed by atoms with Gasteiger partial charge in [0.2, 0.25) is 0 Å². The minimum absolute atomic E-state index is 0.0411. The number of fused-ring (bicyclic) bond motifs is 2. The number of methoxy groups -OCH3 is 2. The number of carbonyl (C=O) groups is 1. The molecule has 354 valence electrons. The summed E-state index contributed by atoms with van der Waals surface area (Å²) in [7, 11) is 5.30. The molecular weight excluding hydrogens is 811 g/mol. The number of allylic oxidation sites excluding steroid dienone is 2. The van der Waals surface area contributed by atoms with Gasteiger partial charge in [-0.15, -0.1) is 0 Å². The number of rotatable bonds is 9. The number of esters is 1. The van der Waals surface area contributed by atoms with Crippen molar-refractivity contribution >= 4 is 5.97 Å². The smallest absolute Gasteiger partial charge is 0.316 e. The van der Waals surface area contributed by atoms with Gasteiger partial charge in [-0.05, 0) is 69.9 Å². The van der Waals surface area contributed by atoms with Gasteiger partial charge in [0.05, 0.1) is 55.4 Å². The molecule has 0 aromatic carbocycles. The molecule has 1 spiro atoms. The summed E-state index contributed by atoms with van der Waals surface area (Å²) in [5, 5.41) is 27.1. The van der Waals surface area contributed by atoms with Crippen LogP contribution in [-0.2, 0) is 52.2 Å². The van der Waals surface area contributed by atoms with Gasteiger partial charge in [0, 0.05) is 51.7 Å². The number of aliphatic hydroxyl groups is 2. The van der Waals surface area contributed by atoms with Crippen molar-refractivity contribution in [2.45, 2.75) is 191 Å². The van der Waals surface area contributed by atoms with Crippen LogP contribution in [0.5, 0.6) is 0 Å². The first kappa shape index (κ1) is 48.6. The Kier molecular flexibility index (Phi) is 15.7. The molecule has 6 heterocycles. The first-order chi connectivity index (χ1) is 30.0. The number of hydrogen-bond donors (Lipinski definition) is 3. The zero-order valence-electron chi connectivity index (χ0n) is 39.3. The second-order valence-electron chi connectivity index (χ2n) is 19.3. The molecule has 7 aliphatic rings. The van der Waals surface area contributed by atoms with E-state index in [1.165, 1.54) is 0 Å². The minimum Gasteiger partial charge on any atom is -0.462 e. The molecule has 2 bridgehead atoms. The summed E-state index contributed by atoms with van der Waals surface area (Å²) >= 11 is 0. The number of carbonyl (C=O) groups excluding carboxylic acids is 1. The van der Waals surface area contributed by atoms with Crippen molar-refractivity contribution in [1.29, 1.82) is 0 Å². The predicted molar refractivity (Wildman–Crippen MR) is 234 cm³/mol. The van der Waals surface area contributed by atoms with Crippen molar-refractivity contribution in [2.24, 2.45) is 23.7 Å². The second-order valence-corrected chi connectivity index (χ2v) is 19.3. The van der Waals surface area contributed by atoms with E-state index in [0.29, 0.717) is 43.3 Å². The lowest BCUT2D eigenvalue weighted by atomic mass is 9.71. The van der Waals surface area contributed by atoms with Crippen LogP contribution in [0.1, 0.15) is 93.9 Å². The molecule has 0 aromatic rings. The van der Waals surface area contributed by atoms with E-state index in [4.69, 9.17) is 47.4 Å². The minimum atomic E-state index is -1.83. The van der Waals surface area contributed by atoms with Crippen molar-refractivity contribution < 1.29 is 62.4 Å². The van der Waals surface area contributed by atoms with Crippen LogP contribution < -0.4 is 5.32 Å². The molecule has 7 rings (SSSR count). The van der Waals surface area contributed by atoms with Gasteiger partial charge in [0.1, 0.15) is 35.9 Å². The van der Waals surface area contributed by atoms with Crippen LogP contribution in [0.15, 0.2) is 59.3 Å². The zero-order valence-corrected chi connectivity index (χ0v) is 39.3. The third kappa shape index (κ3) is 10.0. The number of nitrogens with one attached hydrogen (secondary N) is 1. The highest BCUT2D eigenvalue weighted by Gasteiger charge is 2.60. The Hall–Kier alpha value is -2.31. The van der Waals surface area contributed by atoms with Gasteiger partial charge in [-0.25, -0.2) is 0 Å². The lowest BCUT2D eigenvalue weighted by Gasteiger charge is -2.48. The normalized spacial score (nSPS) is 48.6. The molecule has 6 aliphatic heterocycles. The standard InChI is InChI=1S/C49H75NO13/c1-12-26(2)44-29(5)18-19-48(63-44)24-35-21-34(62-48)17-16-28(4)43(27(3)14-13-15-33-25-56-46-42(51)30(6)20-36(47(52)59-35)49(33,46)53)60-40-23-38(55-11)45(32(8)58-40)61-39-22-37(54-10)41(50-9)31(7)57-39/h13-16,18-20,26-27,29,31-32,34-46,50-51,53H,12,17,21-25H2,1-11H3/b14-13+,28-16+,33-15+/t26-,27-,29-,31-,32+,34+,35-,36-,37-,38+,39-,40+,41+,42+,43?,44+,45?,46+,48+,49+/m0/s1. The van der Waals surface area contributed by atoms with Crippen LogP contribution in [0.4, 0.5) is 0 Å². The summed E-state index contributed by atoms with van der Waals surface area (Å²) in [6.07, 6.45) is 10.7. The van der Waals surface area contributed by atoms with E-state index in [2.05, 4.69) is 52.1 Å². The Morgan fingerprint density at radius 1 is 0.921 bits per heavy atom. The van der Waals surface area contributed by atoms with Crippen LogP contribution in [0.25, 0.3) is 0 Å². The molecule has 4 fully saturated rings. The molecule has 1 aliphatic carbocycles. The topological polar surface area (TPSA) is 162 Å². The summed E-state index contributed by atoms with van der Waals surface area (Å²) in [5.41, 5.74) is 0.180. The zero-order chi connectivity index (χ0) is 45.4. The highest BCUT2D eigenvalue weighted by atomic mass is 16.7. The lowest BCUT2D eigenvalue weighted by Crippen LogP contribution is -2.58. The third-order valence-electron chi connectivity index (χ3n) is 14.9. The van der Waals surface area contributed by atoms with E-state index in [9.17, 15) is 15.0 Å². The van der Waals surface area contributed by atoms with Gasteiger partial charge in [-0.2, -0.15) is 0 Å². The van der Waals surface area contributed by atoms with Crippen LogP contribution in [0.2, 0.25) is 0 Å². The van der Waals surface area contributed by atoms with Gasteiger partial charge >= 0.3 is 5.97 Å². The van der Waals surface area contributed by atoms with Crippen molar-refractivity contribution in [1.82, 2.24) is 5.32 Å². The molecule has 4 saturated heterocycles. The van der Waals surface area contributed by atoms with E-state index in [1.54, 1.807) is 33.3 Å². The average molecular weight is 886 g/mol. The summed E-state index contributed by atoms with van der Waals surface area (Å²) in [6.45, 7) is 16.4. The maximum Gasteiger partial charge on any atom is 0.316 e. The van der Waals surface area contributed by atoms with Crippen LogP contribution in [-0.4, -0.2) is 141 Å². The number of ether oxygens (including phenoxy) is 10. The van der Waals surface area contributed by atoms with Gasteiger partial charge in [-0.1, -0.05) is 70.6 Å². The lowest BCUT2D eigenvalue weighted by molar-refractivity contribution is -0.312. The maximum absolute atomic E-state index is 14.4. The molecule has 20 atom stereocenters. The average Bonchev–Trinajstić information content (AvgIpc) is 3.60. The van der Waals surface area contributed by atoms with E-state index >= 15 is 0 Å². The molecule has 63 heavy (non-hydrogen) atoms. The molecule has 2 unspecified atom stereocenters. The number of aliphatic hydroxyl groups excluding tert-OH is 1. The van der Waals surface area contributed by atoms with Gasteiger partial charge in [-0.3, -0.25) is 4.79 Å². The largest absolute Gasteiger partial charge is 0.462 e. The van der Waals surface area contributed by atoms with Crippen molar-refractivity contribution in [3.63, 3.8) is 0 Å². The van der Waals surface area contributed by atoms with Crippen LogP contribution in [0.3, 0.4) is 0 Å². The fourth-order valence-corrected chi connectivity index (χ4v) is 11.0. The van der Waals surface area contributed by atoms with Crippen LogP contribution >= 0.6 is 0 Å². The monoisotopic (exact) mass is 886 g/mol. The van der Waals surface area contributed by atoms with Crippen molar-refractivity contribution in [3.8, 4) is 0 Å². The van der Waals surface area contributed by atoms with E-state index in [-0.39, 0.29) is 67.0 Å². The van der Waals surface area contributed by atoms with Gasteiger partial charge < -0.3 is 62.9 Å². The molecule has 14 nitrogen and oxygen atoms in total. The van der Waals surface area contributed by atoms with Crippen molar-refractivity contribution in [3.05, 3.63) is 59.3 Å². The molecular formula is C49H75NO13. The third-order valence-corrected chi connectivity index (χ3v) is 14.9. The molecule has 0 radical (unpaired) electrons. The summed E-state index contributed by atoms with van der Waals surface area (Å²) < 4.78 is 64.6. The number of hydrogen-bond acceptors (Lipinski definition) is 14. The van der Waals surface area contributed by atoms with E-state index in [0.717, 1.165) is 12.0 Å². The SMILES string of the molecule is CC[C@H](C)[C@H]1O[C@]2(C=C[C@@H]1C)C[C@@H]1C[C@@H](C/C=C(\C)C(O[C@@H]3C[C@@H](OC)C(O[C@H]4C[C@H](OC)[C@H](NC)[C@H](C)O4)[C@@H](C)O3)[C@@H](C)/C=C/C=C3\CO[C@@H]4[C@H](O)C(C)=C[C@@H](C(=O)O1)[C@]34O)O2. The molecule has 0 amide bonds. The Morgan fingerprint density at radius 3 is 2.35 bits per heavy atom. The van der Waals surface area contributed by atoms with Gasteiger partial charge in [0.15, 0.2) is 18.4 Å². The Labute approximate surface area is 374 Å². The molecule has 0 saturated carbocycles. The summed E-state index contributed by atoms with van der Waals surface area (Å²) in [4.78, 5) is 14.4. The quantitative estimate of drug-likeness (QED) is 0.194. The fraction of sp³-hybridized carbons (Fsp3) is 0.776. The Morgan fingerprint density at radius 2 is 1.63 bits per heavy atom. The first-order valence-corrected chi connectivity index (χ1v) is 23.4. The fourth-order valence-electron chi connectivity index (χ4n) is 11.0. The van der Waals surface area contributed by atoms with E-state index < -0.39 is 66.4 Å². The first-order valence-electron chi connectivity index (χ1n) is 23.4. The summed E-state index contributed by atoms with van der Waals surface area (Å²) in [6, 6.07) is 0.0442. The number of likely N-dealkylation sites (N-methyl/N-ethyl adjacent to an activating group) is 1. The summed E-state index contributed by atoms with van der Waals surface area (Å²) in [5.74, 6) is -2.51. The molecule has 0 aromatic heterocycles. The highest BCUT2D eigenvalue weighted by molar-refractivity contribution is 5.78. The van der Waals surface area contributed by atoms with E-state index in [1.807, 2.05) is 39.1 Å². The predicted octanol–water partition coefficient (Wildman–Crippen LogP) is 5.60. The van der Waals surface area contributed by atoms with Crippen LogP contribution in [0, 0.1) is 23.7 Å². The Balaban J connectivity index is 1.18. The highest BCUT2D eigenvalue weighted by Crippen LogP contribution is 2.47. The van der Waals surface area contributed by atoms with Gasteiger partial charge in [0.25, 0.3) is 0 Å². The molecule has 3 N–H and O–H groups in total. The van der Waals surface area contributed by atoms with Crippen molar-refractivity contribution in [2.75, 3.05) is 27.9 Å². The maximum atomic E-state index is 14.4. The molecule has 14 heteroatoms. The Bertz CT molecular complexity index is 1750. The second kappa shape index (κ2) is 20.3.